The van der Waals surface area contributed by atoms with Crippen molar-refractivity contribution in [1.82, 2.24) is 5.32 Å². The van der Waals surface area contributed by atoms with Crippen LogP contribution in [0, 0.1) is 6.92 Å². The van der Waals surface area contributed by atoms with Crippen LogP contribution in [0.5, 0.6) is 0 Å². The molecule has 0 heterocycles. The second kappa shape index (κ2) is 5.87. The lowest BCUT2D eigenvalue weighted by atomic mass is 10.1. The number of hydrogen-bond donors (Lipinski definition) is 2. The Bertz CT molecular complexity index is 586. The Morgan fingerprint density at radius 2 is 1.63 bits per heavy atom. The lowest BCUT2D eigenvalue weighted by molar-refractivity contribution is 0.0970. The first kappa shape index (κ1) is 12.9. The van der Waals surface area contributed by atoms with E-state index in [9.17, 15) is 4.79 Å². The summed E-state index contributed by atoms with van der Waals surface area (Å²) in [4.78, 5) is 11.9. The highest BCUT2D eigenvalue weighted by atomic mass is 16.1. The van der Waals surface area contributed by atoms with E-state index in [1.165, 1.54) is 6.20 Å². The molecule has 0 aliphatic rings. The van der Waals surface area contributed by atoms with Crippen LogP contribution < -0.4 is 11.1 Å². The van der Waals surface area contributed by atoms with Gasteiger partial charge in [0, 0.05) is 11.8 Å². The van der Waals surface area contributed by atoms with Crippen LogP contribution in [0.1, 0.15) is 21.5 Å². The van der Waals surface area contributed by atoms with Crippen molar-refractivity contribution in [1.29, 1.82) is 0 Å². The zero-order chi connectivity index (χ0) is 13.7. The van der Waals surface area contributed by atoms with Crippen LogP contribution in [0.3, 0.4) is 0 Å². The van der Waals surface area contributed by atoms with E-state index < -0.39 is 0 Å². The van der Waals surface area contributed by atoms with E-state index in [4.69, 9.17) is 5.73 Å². The van der Waals surface area contributed by atoms with Gasteiger partial charge in [-0.3, -0.25) is 4.79 Å². The van der Waals surface area contributed by atoms with Crippen LogP contribution in [0.2, 0.25) is 0 Å². The molecule has 0 aliphatic carbocycles. The maximum Gasteiger partial charge on any atom is 0.255 e. The SMILES string of the molecule is Cc1ccc(C(=O)N/C=C(/N)c2ccccc2)cc1. The second-order valence-electron chi connectivity index (χ2n) is 4.31. The molecule has 0 aromatic heterocycles. The zero-order valence-electron chi connectivity index (χ0n) is 10.8. The predicted molar refractivity (Wildman–Crippen MR) is 77.3 cm³/mol. The number of rotatable bonds is 3. The number of nitrogens with one attached hydrogen (secondary N) is 1. The molecule has 96 valence electrons. The monoisotopic (exact) mass is 252 g/mol. The molecule has 2 aromatic rings. The summed E-state index contributed by atoms with van der Waals surface area (Å²) < 4.78 is 0. The van der Waals surface area contributed by atoms with Gasteiger partial charge in [0.15, 0.2) is 0 Å². The molecule has 3 N–H and O–H groups in total. The number of benzene rings is 2. The normalized spacial score (nSPS) is 11.1. The summed E-state index contributed by atoms with van der Waals surface area (Å²) in [7, 11) is 0. The molecule has 0 saturated heterocycles. The Morgan fingerprint density at radius 3 is 2.26 bits per heavy atom. The van der Waals surface area contributed by atoms with E-state index in [1.807, 2.05) is 49.4 Å². The number of hydrogen-bond acceptors (Lipinski definition) is 2. The van der Waals surface area contributed by atoms with Crippen molar-refractivity contribution in [3.8, 4) is 0 Å². The van der Waals surface area contributed by atoms with Crippen molar-refractivity contribution in [3.63, 3.8) is 0 Å². The minimum Gasteiger partial charge on any atom is -0.397 e. The highest BCUT2D eigenvalue weighted by Crippen LogP contribution is 2.07. The summed E-state index contributed by atoms with van der Waals surface area (Å²) in [6.45, 7) is 1.98. The van der Waals surface area contributed by atoms with Crippen LogP contribution in [0.25, 0.3) is 5.70 Å². The molecule has 0 spiro atoms. The first-order chi connectivity index (χ1) is 9.16. The summed E-state index contributed by atoms with van der Waals surface area (Å²) in [6, 6.07) is 16.9. The molecular formula is C16H16N2O. The van der Waals surface area contributed by atoms with Gasteiger partial charge in [0.25, 0.3) is 5.91 Å². The van der Waals surface area contributed by atoms with E-state index in [-0.39, 0.29) is 5.91 Å². The maximum atomic E-state index is 11.9. The first-order valence-electron chi connectivity index (χ1n) is 6.05. The Morgan fingerprint density at radius 1 is 1.00 bits per heavy atom. The molecule has 2 aromatic carbocycles. The van der Waals surface area contributed by atoms with Crippen molar-refractivity contribution in [2.75, 3.05) is 0 Å². The van der Waals surface area contributed by atoms with Crippen LogP contribution in [-0.2, 0) is 0 Å². The van der Waals surface area contributed by atoms with Crippen LogP contribution in [0.15, 0.2) is 60.8 Å². The molecular weight excluding hydrogens is 236 g/mol. The van der Waals surface area contributed by atoms with Crippen molar-refractivity contribution in [2.24, 2.45) is 5.73 Å². The van der Waals surface area contributed by atoms with Gasteiger partial charge in [0.05, 0.1) is 5.70 Å². The third kappa shape index (κ3) is 3.45. The molecule has 0 unspecified atom stereocenters. The summed E-state index contributed by atoms with van der Waals surface area (Å²) in [5.41, 5.74) is 9.04. The van der Waals surface area contributed by atoms with Gasteiger partial charge in [0.2, 0.25) is 0 Å². The molecule has 1 amide bonds. The summed E-state index contributed by atoms with van der Waals surface area (Å²) >= 11 is 0. The maximum absolute atomic E-state index is 11.9. The van der Waals surface area contributed by atoms with E-state index in [0.29, 0.717) is 11.3 Å². The molecule has 2 rings (SSSR count). The molecule has 0 saturated carbocycles. The smallest absolute Gasteiger partial charge is 0.255 e. The third-order valence-electron chi connectivity index (χ3n) is 2.78. The van der Waals surface area contributed by atoms with Gasteiger partial charge in [-0.2, -0.15) is 0 Å². The molecule has 0 fully saturated rings. The fraction of sp³-hybridized carbons (Fsp3) is 0.0625. The van der Waals surface area contributed by atoms with Crippen molar-refractivity contribution in [3.05, 3.63) is 77.5 Å². The van der Waals surface area contributed by atoms with Crippen LogP contribution in [0.4, 0.5) is 0 Å². The van der Waals surface area contributed by atoms with Gasteiger partial charge in [-0.1, -0.05) is 48.0 Å². The van der Waals surface area contributed by atoms with Crippen molar-refractivity contribution in [2.45, 2.75) is 6.92 Å². The number of nitrogens with two attached hydrogens (primary N) is 1. The van der Waals surface area contributed by atoms with E-state index in [1.54, 1.807) is 12.1 Å². The molecule has 3 heteroatoms. The zero-order valence-corrected chi connectivity index (χ0v) is 10.8. The van der Waals surface area contributed by atoms with Gasteiger partial charge < -0.3 is 11.1 Å². The fourth-order valence-corrected chi connectivity index (χ4v) is 1.65. The number of aryl methyl sites for hydroxylation is 1. The lowest BCUT2D eigenvalue weighted by Gasteiger charge is -2.04. The Kier molecular flexibility index (Phi) is 3.98. The van der Waals surface area contributed by atoms with E-state index >= 15 is 0 Å². The third-order valence-corrected chi connectivity index (χ3v) is 2.78. The average molecular weight is 252 g/mol. The molecule has 0 aliphatic heterocycles. The first-order valence-corrected chi connectivity index (χ1v) is 6.05. The van der Waals surface area contributed by atoms with Crippen LogP contribution >= 0.6 is 0 Å². The molecule has 3 nitrogen and oxygen atoms in total. The van der Waals surface area contributed by atoms with Gasteiger partial charge in [0.1, 0.15) is 0 Å². The van der Waals surface area contributed by atoms with Gasteiger partial charge >= 0.3 is 0 Å². The minimum atomic E-state index is -0.168. The molecule has 0 radical (unpaired) electrons. The predicted octanol–water partition coefficient (Wildman–Crippen LogP) is 2.68. The average Bonchev–Trinajstić information content (AvgIpc) is 2.46. The number of carbonyl (C=O) groups excluding carboxylic acids is 1. The van der Waals surface area contributed by atoms with Gasteiger partial charge in [-0.15, -0.1) is 0 Å². The standard InChI is InChI=1S/C16H16N2O/c1-12-7-9-14(10-8-12)16(19)18-11-15(17)13-5-3-2-4-6-13/h2-11H,17H2,1H3,(H,18,19)/b15-11+. The highest BCUT2D eigenvalue weighted by Gasteiger charge is 2.03. The van der Waals surface area contributed by atoms with E-state index in [2.05, 4.69) is 5.32 Å². The minimum absolute atomic E-state index is 0.168. The topological polar surface area (TPSA) is 55.1 Å². The fourth-order valence-electron chi connectivity index (χ4n) is 1.65. The summed E-state index contributed by atoms with van der Waals surface area (Å²) in [5, 5.41) is 2.69. The van der Waals surface area contributed by atoms with Crippen molar-refractivity contribution >= 4 is 11.6 Å². The Balaban J connectivity index is 2.06. The molecule has 0 bridgehead atoms. The second-order valence-corrected chi connectivity index (χ2v) is 4.31. The molecule has 19 heavy (non-hydrogen) atoms. The molecule has 0 atom stereocenters. The summed E-state index contributed by atoms with van der Waals surface area (Å²) in [6.07, 6.45) is 1.53. The Labute approximate surface area is 112 Å². The van der Waals surface area contributed by atoms with Crippen LogP contribution in [-0.4, -0.2) is 5.91 Å². The largest absolute Gasteiger partial charge is 0.397 e. The van der Waals surface area contributed by atoms with Gasteiger partial charge in [-0.25, -0.2) is 0 Å². The lowest BCUT2D eigenvalue weighted by Crippen LogP contribution is -2.18. The van der Waals surface area contributed by atoms with Crippen molar-refractivity contribution < 1.29 is 4.79 Å². The number of carbonyl (C=O) groups is 1. The quantitative estimate of drug-likeness (QED) is 0.882. The van der Waals surface area contributed by atoms with E-state index in [0.717, 1.165) is 11.1 Å². The number of amides is 1. The Hall–Kier alpha value is -2.55. The van der Waals surface area contributed by atoms with Gasteiger partial charge in [-0.05, 0) is 24.6 Å². The summed E-state index contributed by atoms with van der Waals surface area (Å²) in [5.74, 6) is -0.168. The highest BCUT2D eigenvalue weighted by molar-refractivity contribution is 5.95.